The molecule has 0 heteroatoms. The van der Waals surface area contributed by atoms with Crippen LogP contribution in [0.2, 0.25) is 0 Å². The Morgan fingerprint density at radius 3 is 3.29 bits per heavy atom. The topological polar surface area (TPSA) is 0 Å². The fourth-order valence-electron chi connectivity index (χ4n) is 0.393. The average Bonchev–Trinajstić information content (AvgIpc) is 1.88. The molecule has 0 aliphatic heterocycles. The molecule has 0 aliphatic rings. The number of benzene rings is 1. The summed E-state index contributed by atoms with van der Waals surface area (Å²) in [6.45, 7) is -1.99. The third-order valence-electron chi connectivity index (χ3n) is 0.707. The van der Waals surface area contributed by atoms with E-state index in [9.17, 15) is 0 Å². The Balaban J connectivity index is 2.97. The maximum absolute atomic E-state index is 6.99. The van der Waals surface area contributed by atoms with Gasteiger partial charge in [0, 0.05) is 4.11 Å². The second-order valence-electron chi connectivity index (χ2n) is 1.29. The molecular formula is C7H7. The molecule has 35 valence electrons. The maximum Gasteiger partial charge on any atom is 0.0280 e. The van der Waals surface area contributed by atoms with E-state index in [2.05, 4.69) is 6.07 Å². The summed E-state index contributed by atoms with van der Waals surface area (Å²) in [7, 11) is 0. The van der Waals surface area contributed by atoms with Gasteiger partial charge in [-0.2, -0.15) is 0 Å². The van der Waals surface area contributed by atoms with Gasteiger partial charge in [-0.25, -0.2) is 0 Å². The zero-order valence-electron chi connectivity index (χ0n) is 6.81. The minimum atomic E-state index is -1.99. The Kier molecular flexibility index (Phi) is 0.508. The molecule has 0 N–H and O–H groups in total. The van der Waals surface area contributed by atoms with Crippen molar-refractivity contribution in [2.24, 2.45) is 0 Å². The van der Waals surface area contributed by atoms with Crippen molar-refractivity contribution in [2.45, 2.75) is 6.85 Å². The Hall–Kier alpha value is -0.780. The molecule has 0 fully saturated rings. The first-order chi connectivity index (χ1) is 4.61. The Morgan fingerprint density at radius 1 is 1.86 bits per heavy atom. The molecule has 0 amide bonds. The molecule has 0 unspecified atom stereocenters. The predicted molar refractivity (Wildman–Crippen MR) is 30.0 cm³/mol. The molecule has 0 spiro atoms. The number of rotatable bonds is 0. The molecule has 0 atom stereocenters. The minimum Gasteiger partial charge on any atom is -0.0614 e. The van der Waals surface area contributed by atoms with Crippen LogP contribution in [0.1, 0.15) is 9.68 Å². The molecule has 0 saturated carbocycles. The van der Waals surface area contributed by atoms with Crippen LogP contribution in [-0.2, 0) is 0 Å². The van der Waals surface area contributed by atoms with Crippen LogP contribution < -0.4 is 0 Å². The largest absolute Gasteiger partial charge is 0.0614 e. The van der Waals surface area contributed by atoms with Crippen LogP contribution in [0.4, 0.5) is 0 Å². The maximum atomic E-state index is 6.99. The van der Waals surface area contributed by atoms with Crippen LogP contribution >= 0.6 is 0 Å². The van der Waals surface area contributed by atoms with E-state index in [1.54, 1.807) is 18.2 Å². The average molecular weight is 94.2 g/mol. The first-order valence-electron chi connectivity index (χ1n) is 3.57. The van der Waals surface area contributed by atoms with Gasteiger partial charge in [0.1, 0.15) is 0 Å². The Labute approximate surface area is 48.0 Å². The van der Waals surface area contributed by atoms with E-state index < -0.39 is 6.85 Å². The van der Waals surface area contributed by atoms with Crippen molar-refractivity contribution in [3.05, 3.63) is 35.9 Å². The summed E-state index contributed by atoms with van der Waals surface area (Å²) in [6, 6.07) is 9.10. The lowest BCUT2D eigenvalue weighted by atomic mass is 10.2. The quantitative estimate of drug-likeness (QED) is 0.460. The van der Waals surface area contributed by atoms with Crippen molar-refractivity contribution in [1.29, 1.82) is 0 Å². The molecule has 0 aromatic heterocycles. The number of hydrogen-bond donors (Lipinski definition) is 0. The van der Waals surface area contributed by atoms with E-state index in [0.717, 1.165) is 0 Å². The van der Waals surface area contributed by atoms with Crippen molar-refractivity contribution < 1.29 is 4.11 Å². The highest BCUT2D eigenvalue weighted by atomic mass is 13.8. The third-order valence-corrected chi connectivity index (χ3v) is 0.707. The van der Waals surface area contributed by atoms with E-state index in [0.29, 0.717) is 5.56 Å². The molecule has 1 aromatic carbocycles. The lowest BCUT2D eigenvalue weighted by Gasteiger charge is -1.82. The lowest BCUT2D eigenvalue weighted by molar-refractivity contribution is 1.47. The first kappa shape index (κ1) is 1.99. The zero-order chi connectivity index (χ0) is 7.61. The smallest absolute Gasteiger partial charge is 0.0280 e. The molecule has 0 heterocycles. The third kappa shape index (κ3) is 1.04. The zero-order valence-corrected chi connectivity index (χ0v) is 3.81. The van der Waals surface area contributed by atoms with Crippen molar-refractivity contribution in [2.75, 3.05) is 0 Å². The van der Waals surface area contributed by atoms with Gasteiger partial charge >= 0.3 is 0 Å². The van der Waals surface area contributed by atoms with Crippen molar-refractivity contribution in [3.63, 3.8) is 0 Å². The van der Waals surface area contributed by atoms with Gasteiger partial charge in [-0.3, -0.25) is 0 Å². The minimum absolute atomic E-state index is 0.343. The monoisotopic (exact) mass is 94.1 g/mol. The van der Waals surface area contributed by atoms with E-state index in [1.807, 2.05) is 0 Å². The highest BCUT2D eigenvalue weighted by Gasteiger charge is 1.72. The normalized spacial score (nSPS) is 16.9. The first-order valence-corrected chi connectivity index (χ1v) is 2.07. The summed E-state index contributed by atoms with van der Waals surface area (Å²) in [6.07, 6.45) is 0. The molecule has 1 aromatic rings. The van der Waals surface area contributed by atoms with Crippen LogP contribution in [0.15, 0.2) is 24.3 Å². The summed E-state index contributed by atoms with van der Waals surface area (Å²) in [5.41, 5.74) is 0.343. The van der Waals surface area contributed by atoms with Gasteiger partial charge in [-0.15, -0.1) is 0 Å². The highest BCUT2D eigenvalue weighted by Crippen LogP contribution is 1.91. The van der Waals surface area contributed by atoms with Gasteiger partial charge in [0.15, 0.2) is 0 Å². The van der Waals surface area contributed by atoms with Gasteiger partial charge < -0.3 is 0 Å². The highest BCUT2D eigenvalue weighted by molar-refractivity contribution is 5.10. The van der Waals surface area contributed by atoms with Crippen LogP contribution in [0.25, 0.3) is 0 Å². The summed E-state index contributed by atoms with van der Waals surface area (Å²) in [5.74, 6) is 0. The van der Waals surface area contributed by atoms with E-state index in [4.69, 9.17) is 4.11 Å². The van der Waals surface area contributed by atoms with Crippen LogP contribution in [0, 0.1) is 12.9 Å². The summed E-state index contributed by atoms with van der Waals surface area (Å²) in [4.78, 5) is 0. The predicted octanol–water partition coefficient (Wildman–Crippen LogP) is 1.80. The Morgan fingerprint density at radius 2 is 2.86 bits per heavy atom. The van der Waals surface area contributed by atoms with Gasteiger partial charge in [-0.1, -0.05) is 29.8 Å². The molecule has 7 heavy (non-hydrogen) atoms. The molecule has 0 aliphatic carbocycles. The summed E-state index contributed by atoms with van der Waals surface area (Å²) < 4.78 is 21.0. The lowest BCUT2D eigenvalue weighted by Crippen LogP contribution is -1.63. The Bertz CT molecular complexity index is 200. The number of aryl methyl sites for hydroxylation is 1. The molecule has 1 rings (SSSR count). The van der Waals surface area contributed by atoms with Gasteiger partial charge in [0.05, 0.1) is 0 Å². The van der Waals surface area contributed by atoms with E-state index in [-0.39, 0.29) is 0 Å². The molecule has 0 nitrogen and oxygen atoms in total. The fourth-order valence-corrected chi connectivity index (χ4v) is 0.393. The van der Waals surface area contributed by atoms with Gasteiger partial charge in [0.25, 0.3) is 0 Å². The van der Waals surface area contributed by atoms with Gasteiger partial charge in [-0.05, 0) is 12.9 Å². The summed E-state index contributed by atoms with van der Waals surface area (Å²) >= 11 is 0. The van der Waals surface area contributed by atoms with Crippen molar-refractivity contribution >= 4 is 0 Å². The van der Waals surface area contributed by atoms with Crippen LogP contribution in [0.5, 0.6) is 0 Å². The molecule has 0 saturated heterocycles. The fraction of sp³-hybridized carbons (Fsp3) is 0.143. The van der Waals surface area contributed by atoms with Crippen LogP contribution in [-0.4, -0.2) is 0 Å². The van der Waals surface area contributed by atoms with Crippen LogP contribution in [0.3, 0.4) is 0 Å². The van der Waals surface area contributed by atoms with Gasteiger partial charge in [0.2, 0.25) is 0 Å². The van der Waals surface area contributed by atoms with Crippen molar-refractivity contribution in [1.82, 2.24) is 0 Å². The molecule has 0 bridgehead atoms. The molecular weight excluding hydrogens is 84.1 g/mol. The number of hydrogen-bond acceptors (Lipinski definition) is 0. The van der Waals surface area contributed by atoms with E-state index >= 15 is 0 Å². The van der Waals surface area contributed by atoms with Crippen molar-refractivity contribution in [3.8, 4) is 0 Å². The molecule has 1 radical (unpaired) electrons. The van der Waals surface area contributed by atoms with E-state index in [1.165, 1.54) is 6.07 Å². The summed E-state index contributed by atoms with van der Waals surface area (Å²) in [5, 5.41) is 0. The second kappa shape index (κ2) is 1.78. The second-order valence-corrected chi connectivity index (χ2v) is 1.29. The SMILES string of the molecule is [2H]C([2H])([2H])c1c[c]ccc1. The standard InChI is InChI=1S/C7H7/c1-7-5-3-2-4-6-7/h2-3,5-6H,1H3/i1D3.